The van der Waals surface area contributed by atoms with Crippen LogP contribution in [0.15, 0.2) is 0 Å². The van der Waals surface area contributed by atoms with Gasteiger partial charge in [0.05, 0.1) is 25.0 Å². The van der Waals surface area contributed by atoms with Gasteiger partial charge in [0.2, 0.25) is 0 Å². The molecule has 0 bridgehead atoms. The minimum Gasteiger partial charge on any atom is -0.383 e. The Balaban J connectivity index is 1.15. The summed E-state index contributed by atoms with van der Waals surface area (Å²) in [5, 5.41) is 27.1. The number of ether oxygens (including phenoxy) is 2. The highest BCUT2D eigenvalue weighted by atomic mass is 19.4. The third-order valence-electron chi connectivity index (χ3n) is 11.3. The maximum Gasteiger partial charge on any atom is 0.405 e. The highest BCUT2D eigenvalue weighted by Gasteiger charge is 2.54. The molecule has 14 heteroatoms. The van der Waals surface area contributed by atoms with Crippen molar-refractivity contribution < 1.29 is 22.6 Å². The molecule has 4 heterocycles. The van der Waals surface area contributed by atoms with E-state index in [1.165, 1.54) is 12.8 Å². The Kier molecular flexibility index (Phi) is 9.48. The van der Waals surface area contributed by atoms with E-state index in [0.717, 1.165) is 38.9 Å². The lowest BCUT2D eigenvalue weighted by molar-refractivity contribution is -0.150. The molecule has 6 aliphatic rings. The number of methoxy groups -OCH3 is 2. The van der Waals surface area contributed by atoms with Crippen molar-refractivity contribution in [2.75, 3.05) is 54.2 Å². The number of fused-ring (bicyclic) bond motifs is 1. The Morgan fingerprint density at radius 1 is 0.977 bits per heavy atom. The lowest BCUT2D eigenvalue weighted by atomic mass is 9.77. The molecule has 0 aromatic carbocycles. The molecule has 4 aliphatic heterocycles. The van der Waals surface area contributed by atoms with Crippen molar-refractivity contribution in [2.45, 2.75) is 101 Å². The van der Waals surface area contributed by atoms with Crippen molar-refractivity contribution >= 4 is 5.96 Å². The smallest absolute Gasteiger partial charge is 0.383 e. The number of hydrogen-bond acceptors (Lipinski definition) is 9. The first-order chi connectivity index (χ1) is 20.6. The molecule has 0 aromatic rings. The SMILES string of the molecule is COCCN1C(=N)N([C@H](C)C2CCC(C3NC(C(F)(F)F)CN3C)CC2)C2NC(C3C(OC)NCNC3C3CC3)NCC21. The van der Waals surface area contributed by atoms with Crippen LogP contribution in [0.5, 0.6) is 0 Å². The van der Waals surface area contributed by atoms with Gasteiger partial charge < -0.3 is 24.6 Å². The zero-order chi connectivity index (χ0) is 30.5. The van der Waals surface area contributed by atoms with Gasteiger partial charge in [-0.25, -0.2) is 0 Å². The van der Waals surface area contributed by atoms with E-state index in [1.807, 2.05) is 4.90 Å². The first-order valence-corrected chi connectivity index (χ1v) is 16.3. The van der Waals surface area contributed by atoms with Gasteiger partial charge in [-0.1, -0.05) is 0 Å². The van der Waals surface area contributed by atoms with Gasteiger partial charge >= 0.3 is 6.18 Å². The van der Waals surface area contributed by atoms with Gasteiger partial charge in [0.1, 0.15) is 18.4 Å². The summed E-state index contributed by atoms with van der Waals surface area (Å²) in [7, 11) is 5.27. The van der Waals surface area contributed by atoms with E-state index in [4.69, 9.17) is 9.47 Å². The molecule has 8 unspecified atom stereocenters. The molecular formula is C29H52F3N9O2. The Morgan fingerprint density at radius 3 is 2.33 bits per heavy atom. The van der Waals surface area contributed by atoms with Crippen LogP contribution < -0.4 is 26.6 Å². The molecule has 6 rings (SSSR count). The van der Waals surface area contributed by atoms with Crippen LogP contribution in [0.2, 0.25) is 0 Å². The van der Waals surface area contributed by atoms with Crippen LogP contribution in [-0.2, 0) is 9.47 Å². The van der Waals surface area contributed by atoms with Gasteiger partial charge in [-0.3, -0.25) is 31.6 Å². The van der Waals surface area contributed by atoms with Crippen molar-refractivity contribution in [1.82, 2.24) is 41.3 Å². The predicted octanol–water partition coefficient (Wildman–Crippen LogP) is 0.903. The standard InChI is InChI=1S/C29H52F3N9O2/c1-16(17-5-9-19(10-6-17)25-37-21(14-39(25)2)29(30,31)32)41-26-20(40(28(41)33)11-12-42-3)13-34-24(38-26)22-23(18-7-8-18)35-15-36-27(22)43-4/h16-27,33-38H,5-15H2,1-4H3/t16-,17?,19?,20?,21?,22?,23?,24?,25?,26?,27?/m1/s1. The van der Waals surface area contributed by atoms with Crippen molar-refractivity contribution in [1.29, 1.82) is 5.41 Å². The summed E-state index contributed by atoms with van der Waals surface area (Å²) >= 11 is 0. The lowest BCUT2D eigenvalue weighted by Gasteiger charge is -2.49. The monoisotopic (exact) mass is 615 g/mol. The van der Waals surface area contributed by atoms with Gasteiger partial charge in [0, 0.05) is 58.5 Å². The molecule has 4 saturated heterocycles. The largest absolute Gasteiger partial charge is 0.405 e. The van der Waals surface area contributed by atoms with Gasteiger partial charge in [-0.2, -0.15) is 13.2 Å². The van der Waals surface area contributed by atoms with E-state index >= 15 is 0 Å². The molecule has 9 atom stereocenters. The molecule has 246 valence electrons. The third-order valence-corrected chi connectivity index (χ3v) is 11.3. The Morgan fingerprint density at radius 2 is 1.70 bits per heavy atom. The van der Waals surface area contributed by atoms with Crippen LogP contribution >= 0.6 is 0 Å². The summed E-state index contributed by atoms with van der Waals surface area (Å²) in [6, 6.07) is -0.876. The van der Waals surface area contributed by atoms with E-state index in [9.17, 15) is 18.6 Å². The van der Waals surface area contributed by atoms with Gasteiger partial charge in [-0.05, 0) is 70.3 Å². The third kappa shape index (κ3) is 6.27. The van der Waals surface area contributed by atoms with E-state index in [0.29, 0.717) is 37.0 Å². The minimum atomic E-state index is -4.22. The van der Waals surface area contributed by atoms with Crippen molar-refractivity contribution in [3.05, 3.63) is 0 Å². The lowest BCUT2D eigenvalue weighted by Crippen LogP contribution is -2.73. The predicted molar refractivity (Wildman–Crippen MR) is 157 cm³/mol. The maximum atomic E-state index is 13.4. The average Bonchev–Trinajstić information content (AvgIpc) is 3.71. The number of guanidine groups is 1. The summed E-state index contributed by atoms with van der Waals surface area (Å²) in [4.78, 5) is 6.30. The fourth-order valence-electron chi connectivity index (χ4n) is 8.80. The number of halogens is 3. The maximum absolute atomic E-state index is 13.4. The van der Waals surface area contributed by atoms with E-state index in [2.05, 4.69) is 43.3 Å². The average molecular weight is 616 g/mol. The van der Waals surface area contributed by atoms with Gasteiger partial charge in [0.25, 0.3) is 0 Å². The highest BCUT2D eigenvalue weighted by molar-refractivity contribution is 5.80. The molecular weight excluding hydrogens is 563 g/mol. The Bertz CT molecular complexity index is 966. The second-order valence-corrected chi connectivity index (χ2v) is 13.7. The summed E-state index contributed by atoms with van der Waals surface area (Å²) in [6.45, 7) is 4.94. The molecule has 0 aromatic heterocycles. The van der Waals surface area contributed by atoms with Crippen LogP contribution in [0.25, 0.3) is 0 Å². The quantitative estimate of drug-likeness (QED) is 0.224. The van der Waals surface area contributed by atoms with E-state index in [1.54, 1.807) is 21.3 Å². The molecule has 11 nitrogen and oxygen atoms in total. The first-order valence-electron chi connectivity index (χ1n) is 16.3. The molecule has 2 aliphatic carbocycles. The molecule has 2 saturated carbocycles. The molecule has 0 radical (unpaired) electrons. The van der Waals surface area contributed by atoms with Crippen LogP contribution in [-0.4, -0.2) is 130 Å². The number of nitrogens with one attached hydrogen (secondary N) is 6. The number of nitrogens with zero attached hydrogens (tertiary/aromatic N) is 3. The van der Waals surface area contributed by atoms with Crippen LogP contribution in [0.4, 0.5) is 13.2 Å². The van der Waals surface area contributed by atoms with E-state index < -0.39 is 12.2 Å². The first kappa shape index (κ1) is 31.7. The Hall–Kier alpha value is -1.26. The highest BCUT2D eigenvalue weighted by Crippen LogP contribution is 2.41. The topological polar surface area (TPSA) is 112 Å². The number of rotatable bonds is 9. The summed E-state index contributed by atoms with van der Waals surface area (Å²) in [5.41, 5.74) is 0. The van der Waals surface area contributed by atoms with Crippen LogP contribution in [0, 0.1) is 29.1 Å². The van der Waals surface area contributed by atoms with Crippen LogP contribution in [0.1, 0.15) is 45.4 Å². The van der Waals surface area contributed by atoms with E-state index in [-0.39, 0.29) is 55.2 Å². The summed E-state index contributed by atoms with van der Waals surface area (Å²) < 4.78 is 51.6. The normalized spacial score (nSPS) is 42.0. The number of alkyl halides is 3. The fourth-order valence-corrected chi connectivity index (χ4v) is 8.80. The molecule has 0 spiro atoms. The number of likely N-dealkylation sites (N-methyl/N-ethyl adjacent to an activating group) is 1. The summed E-state index contributed by atoms with van der Waals surface area (Å²) in [6.07, 6.45) is 1.62. The second kappa shape index (κ2) is 12.9. The second-order valence-electron chi connectivity index (χ2n) is 13.7. The van der Waals surface area contributed by atoms with Gasteiger partial charge in [-0.15, -0.1) is 0 Å². The van der Waals surface area contributed by atoms with Gasteiger partial charge in [0.15, 0.2) is 5.96 Å². The Labute approximate surface area is 253 Å². The number of hydrogen-bond donors (Lipinski definition) is 6. The van der Waals surface area contributed by atoms with Crippen molar-refractivity contribution in [2.24, 2.45) is 23.7 Å². The molecule has 43 heavy (non-hydrogen) atoms. The van der Waals surface area contributed by atoms with Crippen molar-refractivity contribution in [3.8, 4) is 0 Å². The fraction of sp³-hybridized carbons (Fsp3) is 0.966. The van der Waals surface area contributed by atoms with Crippen LogP contribution in [0.3, 0.4) is 0 Å². The summed E-state index contributed by atoms with van der Waals surface area (Å²) in [5.74, 6) is 1.95. The zero-order valence-electron chi connectivity index (χ0n) is 26.0. The van der Waals surface area contributed by atoms with Crippen molar-refractivity contribution in [3.63, 3.8) is 0 Å². The zero-order valence-corrected chi connectivity index (χ0v) is 26.0. The molecule has 6 N–H and O–H groups in total. The molecule has 6 fully saturated rings. The minimum absolute atomic E-state index is 0.00819. The molecule has 0 amide bonds.